The average Bonchev–Trinajstić information content (AvgIpc) is 2.45. The first-order valence-corrected chi connectivity index (χ1v) is 8.85. The summed E-state index contributed by atoms with van der Waals surface area (Å²) in [5, 5.41) is 15.6. The van der Waals surface area contributed by atoms with Crippen molar-refractivity contribution in [2.45, 2.75) is 38.7 Å². The average molecular weight is 326 g/mol. The number of rotatable bonds is 6. The Labute approximate surface area is 135 Å². The van der Waals surface area contributed by atoms with Crippen LogP contribution in [0.15, 0.2) is 29.2 Å². The van der Waals surface area contributed by atoms with Gasteiger partial charge in [-0.25, -0.2) is 4.79 Å². The van der Waals surface area contributed by atoms with E-state index in [1.165, 1.54) is 0 Å². The van der Waals surface area contributed by atoms with Gasteiger partial charge in [0.25, 0.3) is 0 Å². The Hall–Kier alpha value is -1.40. The van der Waals surface area contributed by atoms with Crippen molar-refractivity contribution < 1.29 is 14.1 Å². The third kappa shape index (κ3) is 5.42. The summed E-state index contributed by atoms with van der Waals surface area (Å²) in [5.74, 6) is 0.127. The van der Waals surface area contributed by atoms with Crippen LogP contribution in [0.1, 0.15) is 27.7 Å². The highest BCUT2D eigenvalue weighted by Crippen LogP contribution is 2.25. The summed E-state index contributed by atoms with van der Waals surface area (Å²) in [4.78, 5) is 12.6. The molecule has 2 atom stereocenters. The first-order chi connectivity index (χ1) is 10.1. The fourth-order valence-electron chi connectivity index (χ4n) is 2.22. The first-order valence-electron chi connectivity index (χ1n) is 7.30. The second-order valence-electron chi connectivity index (χ2n) is 6.46. The van der Waals surface area contributed by atoms with Crippen LogP contribution in [-0.2, 0) is 10.8 Å². The molecule has 0 heterocycles. The third-order valence-corrected chi connectivity index (χ3v) is 4.52. The van der Waals surface area contributed by atoms with Crippen molar-refractivity contribution in [3.8, 4) is 0 Å². The minimum atomic E-state index is -1.03. The Morgan fingerprint density at radius 2 is 1.82 bits per heavy atom. The zero-order chi connectivity index (χ0) is 16.9. The van der Waals surface area contributed by atoms with E-state index in [0.29, 0.717) is 17.1 Å². The lowest BCUT2D eigenvalue weighted by Gasteiger charge is -2.33. The first kappa shape index (κ1) is 18.6. The minimum absolute atomic E-state index is 0.127. The summed E-state index contributed by atoms with van der Waals surface area (Å²) in [6.07, 6.45) is 1.11. The van der Waals surface area contributed by atoms with Crippen molar-refractivity contribution >= 4 is 22.5 Å². The van der Waals surface area contributed by atoms with E-state index in [1.807, 2.05) is 27.7 Å². The smallest absolute Gasteiger partial charge is 0.319 e. The molecule has 124 valence electrons. The highest BCUT2D eigenvalue weighted by molar-refractivity contribution is 7.84. The molecule has 22 heavy (non-hydrogen) atoms. The molecule has 1 aromatic carbocycles. The van der Waals surface area contributed by atoms with Crippen LogP contribution in [0.5, 0.6) is 0 Å². The zero-order valence-electron chi connectivity index (χ0n) is 13.8. The van der Waals surface area contributed by atoms with Crippen molar-refractivity contribution in [1.29, 1.82) is 0 Å². The van der Waals surface area contributed by atoms with Gasteiger partial charge in [-0.2, -0.15) is 0 Å². The standard InChI is InChI=1S/C16H26N2O3S/c1-11(2)14(19)16(3,4)10-17-15(20)18-12-6-8-13(9-7-12)22(5)21/h6-9,11,14,19H,10H2,1-5H3,(H2,17,18,20). The van der Waals surface area contributed by atoms with Gasteiger partial charge in [-0.3, -0.25) is 4.21 Å². The Balaban J connectivity index is 2.54. The molecule has 1 rings (SSSR count). The topological polar surface area (TPSA) is 78.4 Å². The lowest BCUT2D eigenvalue weighted by Crippen LogP contribution is -2.44. The highest BCUT2D eigenvalue weighted by atomic mass is 32.2. The number of amides is 2. The molecule has 0 fully saturated rings. The van der Waals surface area contributed by atoms with Gasteiger partial charge < -0.3 is 15.7 Å². The summed E-state index contributed by atoms with van der Waals surface area (Å²) in [7, 11) is -1.03. The van der Waals surface area contributed by atoms with Gasteiger partial charge in [0.15, 0.2) is 0 Å². The van der Waals surface area contributed by atoms with Gasteiger partial charge in [0, 0.05) is 39.6 Å². The summed E-state index contributed by atoms with van der Waals surface area (Å²) in [6.45, 7) is 8.11. The molecule has 0 saturated carbocycles. The fourth-order valence-corrected chi connectivity index (χ4v) is 2.74. The number of aliphatic hydroxyl groups is 1. The van der Waals surface area contributed by atoms with E-state index in [4.69, 9.17) is 0 Å². The van der Waals surface area contributed by atoms with Crippen LogP contribution in [0.2, 0.25) is 0 Å². The summed E-state index contributed by atoms with van der Waals surface area (Å²) in [5.41, 5.74) is 0.225. The van der Waals surface area contributed by atoms with Gasteiger partial charge in [-0.15, -0.1) is 0 Å². The molecule has 2 amide bonds. The SMILES string of the molecule is CC(C)C(O)C(C)(C)CNC(=O)Nc1ccc(S(C)=O)cc1. The second-order valence-corrected chi connectivity index (χ2v) is 7.84. The molecular formula is C16H26N2O3S. The number of carbonyl (C=O) groups excluding carboxylic acids is 1. The van der Waals surface area contributed by atoms with Gasteiger partial charge in [0.2, 0.25) is 0 Å². The molecule has 0 spiro atoms. The fraction of sp³-hybridized carbons (Fsp3) is 0.562. The molecule has 0 aliphatic carbocycles. The maximum Gasteiger partial charge on any atom is 0.319 e. The highest BCUT2D eigenvalue weighted by Gasteiger charge is 2.30. The van der Waals surface area contributed by atoms with Gasteiger partial charge in [0.1, 0.15) is 0 Å². The number of aliphatic hydroxyl groups excluding tert-OH is 1. The molecule has 2 unspecified atom stereocenters. The molecule has 0 radical (unpaired) electrons. The van der Waals surface area contributed by atoms with Gasteiger partial charge in [-0.05, 0) is 30.2 Å². The monoisotopic (exact) mass is 326 g/mol. The van der Waals surface area contributed by atoms with E-state index >= 15 is 0 Å². The molecule has 0 aliphatic rings. The molecule has 0 bridgehead atoms. The number of urea groups is 1. The number of hydrogen-bond donors (Lipinski definition) is 3. The quantitative estimate of drug-likeness (QED) is 0.752. The van der Waals surface area contributed by atoms with Crippen LogP contribution < -0.4 is 10.6 Å². The number of anilines is 1. The largest absolute Gasteiger partial charge is 0.392 e. The van der Waals surface area contributed by atoms with Crippen LogP contribution in [0.3, 0.4) is 0 Å². The lowest BCUT2D eigenvalue weighted by molar-refractivity contribution is 0.0154. The van der Waals surface area contributed by atoms with Crippen LogP contribution in [0.4, 0.5) is 10.5 Å². The molecule has 0 saturated heterocycles. The van der Waals surface area contributed by atoms with Crippen molar-refractivity contribution in [2.24, 2.45) is 11.3 Å². The van der Waals surface area contributed by atoms with Crippen LogP contribution in [0, 0.1) is 11.3 Å². The number of nitrogens with one attached hydrogen (secondary N) is 2. The van der Waals surface area contributed by atoms with Crippen molar-refractivity contribution in [1.82, 2.24) is 5.32 Å². The molecular weight excluding hydrogens is 300 g/mol. The molecule has 5 nitrogen and oxygen atoms in total. The maximum absolute atomic E-state index is 11.9. The Morgan fingerprint density at radius 1 is 1.27 bits per heavy atom. The Morgan fingerprint density at radius 3 is 2.27 bits per heavy atom. The van der Waals surface area contributed by atoms with Crippen LogP contribution in [-0.4, -0.2) is 34.3 Å². The third-order valence-electron chi connectivity index (χ3n) is 3.58. The van der Waals surface area contributed by atoms with Gasteiger partial charge in [-0.1, -0.05) is 27.7 Å². The van der Waals surface area contributed by atoms with Crippen molar-refractivity contribution in [3.05, 3.63) is 24.3 Å². The second kappa shape index (κ2) is 7.74. The van der Waals surface area contributed by atoms with E-state index in [1.54, 1.807) is 30.5 Å². The maximum atomic E-state index is 11.9. The summed E-state index contributed by atoms with van der Waals surface area (Å²) < 4.78 is 11.3. The number of hydrogen-bond acceptors (Lipinski definition) is 3. The van der Waals surface area contributed by atoms with E-state index in [0.717, 1.165) is 0 Å². The Kier molecular flexibility index (Phi) is 6.56. The predicted octanol–water partition coefficient (Wildman–Crippen LogP) is 2.59. The molecule has 1 aromatic rings. The molecule has 3 N–H and O–H groups in total. The van der Waals surface area contributed by atoms with Gasteiger partial charge in [0.05, 0.1) is 6.10 Å². The van der Waals surface area contributed by atoms with Crippen LogP contribution >= 0.6 is 0 Å². The van der Waals surface area contributed by atoms with Gasteiger partial charge >= 0.3 is 6.03 Å². The molecule has 0 aliphatic heterocycles. The van der Waals surface area contributed by atoms with Crippen molar-refractivity contribution in [3.63, 3.8) is 0 Å². The van der Waals surface area contributed by atoms with E-state index < -0.39 is 22.3 Å². The van der Waals surface area contributed by atoms with E-state index in [9.17, 15) is 14.1 Å². The predicted molar refractivity (Wildman–Crippen MR) is 90.4 cm³/mol. The summed E-state index contributed by atoms with van der Waals surface area (Å²) in [6, 6.07) is 6.54. The Bertz CT molecular complexity index is 527. The van der Waals surface area contributed by atoms with E-state index in [2.05, 4.69) is 10.6 Å². The minimum Gasteiger partial charge on any atom is -0.392 e. The summed E-state index contributed by atoms with van der Waals surface area (Å²) >= 11 is 0. The number of carbonyl (C=O) groups is 1. The number of benzene rings is 1. The lowest BCUT2D eigenvalue weighted by atomic mass is 9.81. The molecule has 0 aromatic heterocycles. The molecule has 6 heteroatoms. The van der Waals surface area contributed by atoms with Crippen LogP contribution in [0.25, 0.3) is 0 Å². The van der Waals surface area contributed by atoms with Crippen molar-refractivity contribution in [2.75, 3.05) is 18.1 Å². The normalized spacial score (nSPS) is 14.5. The van der Waals surface area contributed by atoms with E-state index in [-0.39, 0.29) is 11.9 Å². The zero-order valence-corrected chi connectivity index (χ0v) is 14.7.